The minimum Gasteiger partial charge on any atom is -0.356 e. The van der Waals surface area contributed by atoms with Crippen LogP contribution in [-0.4, -0.2) is 35.7 Å². The molecule has 1 N–H and O–H groups in total. The summed E-state index contributed by atoms with van der Waals surface area (Å²) >= 11 is 0. The van der Waals surface area contributed by atoms with E-state index in [9.17, 15) is 4.79 Å². The molecule has 2 aliphatic heterocycles. The molecule has 0 aromatic carbocycles. The lowest BCUT2D eigenvalue weighted by Gasteiger charge is -2.33. The van der Waals surface area contributed by atoms with Gasteiger partial charge in [-0.2, -0.15) is 0 Å². The van der Waals surface area contributed by atoms with Crippen molar-refractivity contribution in [1.82, 2.24) is 14.9 Å². The molecule has 2 aromatic heterocycles. The van der Waals surface area contributed by atoms with Crippen molar-refractivity contribution in [2.45, 2.75) is 25.7 Å². The number of piperidine rings is 1. The Morgan fingerprint density at radius 2 is 2.04 bits per heavy atom. The summed E-state index contributed by atoms with van der Waals surface area (Å²) in [7, 11) is 1.83. The van der Waals surface area contributed by atoms with Crippen molar-refractivity contribution >= 4 is 11.9 Å². The van der Waals surface area contributed by atoms with Gasteiger partial charge in [0.05, 0.1) is 0 Å². The van der Waals surface area contributed by atoms with E-state index in [1.807, 2.05) is 19.4 Å². The molecule has 3 aliphatic rings. The standard InChI is InChI=1S/C22H26N4O/c1-25-14-19(17-3-2-4-18(17)21(25)27)16-5-6-20(24-13-16)26-12-9-22(15-26)7-10-23-11-8-22/h2-3,5-6,13-14,23H,4,7-12,15H2,1H3. The van der Waals surface area contributed by atoms with E-state index in [0.717, 1.165) is 60.7 Å². The molecule has 1 spiro atoms. The minimum absolute atomic E-state index is 0.104. The number of fused-ring (bicyclic) bond motifs is 1. The maximum absolute atomic E-state index is 12.3. The number of hydrogen-bond donors (Lipinski definition) is 1. The second kappa shape index (κ2) is 6.34. The molecule has 0 unspecified atom stereocenters. The molecule has 0 radical (unpaired) electrons. The lowest BCUT2D eigenvalue weighted by Crippen LogP contribution is -2.38. The maximum Gasteiger partial charge on any atom is 0.254 e. The van der Waals surface area contributed by atoms with Crippen LogP contribution in [0.2, 0.25) is 0 Å². The highest BCUT2D eigenvalue weighted by molar-refractivity contribution is 5.78. The second-order valence-electron chi connectivity index (χ2n) is 8.28. The van der Waals surface area contributed by atoms with Crippen molar-refractivity contribution in [2.75, 3.05) is 31.1 Å². The van der Waals surface area contributed by atoms with Gasteiger partial charge in [0.2, 0.25) is 0 Å². The molecular formula is C22H26N4O. The zero-order valence-electron chi connectivity index (χ0n) is 15.9. The number of nitrogens with zero attached hydrogens (tertiary/aromatic N) is 3. The molecule has 5 nitrogen and oxygen atoms in total. The fourth-order valence-electron chi connectivity index (χ4n) is 4.95. The minimum atomic E-state index is 0.104. The fourth-order valence-corrected chi connectivity index (χ4v) is 4.95. The first-order chi connectivity index (χ1) is 13.2. The van der Waals surface area contributed by atoms with Gasteiger partial charge in [0, 0.05) is 49.2 Å². The van der Waals surface area contributed by atoms with E-state index in [4.69, 9.17) is 4.98 Å². The molecule has 2 aromatic rings. The Kier molecular flexibility index (Phi) is 3.93. The van der Waals surface area contributed by atoms with Gasteiger partial charge in [-0.1, -0.05) is 12.2 Å². The third kappa shape index (κ3) is 2.81. The van der Waals surface area contributed by atoms with Gasteiger partial charge >= 0.3 is 0 Å². The van der Waals surface area contributed by atoms with E-state index in [1.165, 1.54) is 19.3 Å². The van der Waals surface area contributed by atoms with E-state index in [0.29, 0.717) is 5.41 Å². The van der Waals surface area contributed by atoms with Gasteiger partial charge in [-0.05, 0) is 61.9 Å². The lowest BCUT2D eigenvalue weighted by molar-refractivity contribution is 0.232. The van der Waals surface area contributed by atoms with Crippen molar-refractivity contribution in [2.24, 2.45) is 12.5 Å². The highest BCUT2D eigenvalue weighted by atomic mass is 16.1. The lowest BCUT2D eigenvalue weighted by atomic mass is 9.78. The monoisotopic (exact) mass is 362 g/mol. The smallest absolute Gasteiger partial charge is 0.254 e. The molecule has 0 saturated carbocycles. The van der Waals surface area contributed by atoms with Crippen molar-refractivity contribution < 1.29 is 0 Å². The number of anilines is 1. The SMILES string of the molecule is Cn1cc(-c2ccc(N3CCC4(CCNCC4)C3)nc2)c2c(c1=O)CC=C2. The van der Waals surface area contributed by atoms with Crippen LogP contribution in [-0.2, 0) is 13.5 Å². The molecule has 0 bridgehead atoms. The van der Waals surface area contributed by atoms with Crippen LogP contribution < -0.4 is 15.8 Å². The van der Waals surface area contributed by atoms with E-state index in [2.05, 4.69) is 34.5 Å². The number of rotatable bonds is 2. The highest BCUT2D eigenvalue weighted by Crippen LogP contribution is 2.40. The van der Waals surface area contributed by atoms with Crippen LogP contribution in [0.4, 0.5) is 5.82 Å². The van der Waals surface area contributed by atoms with Gasteiger partial charge in [-0.15, -0.1) is 0 Å². The molecule has 5 heteroatoms. The van der Waals surface area contributed by atoms with Crippen LogP contribution in [0.1, 0.15) is 30.4 Å². The van der Waals surface area contributed by atoms with Gasteiger partial charge in [0.25, 0.3) is 5.56 Å². The molecule has 5 rings (SSSR count). The Balaban J connectivity index is 1.42. The fraction of sp³-hybridized carbons (Fsp3) is 0.455. The molecular weight excluding hydrogens is 336 g/mol. The summed E-state index contributed by atoms with van der Waals surface area (Å²) < 4.78 is 1.69. The number of aromatic nitrogens is 2. The van der Waals surface area contributed by atoms with Gasteiger partial charge in [-0.25, -0.2) is 4.98 Å². The first kappa shape index (κ1) is 16.8. The van der Waals surface area contributed by atoms with Crippen LogP contribution in [0, 0.1) is 5.41 Å². The predicted octanol–water partition coefficient (Wildman–Crippen LogP) is 2.60. The molecule has 4 heterocycles. The first-order valence-electron chi connectivity index (χ1n) is 9.96. The Morgan fingerprint density at radius 3 is 2.81 bits per heavy atom. The number of allylic oxidation sites excluding steroid dienone is 1. The Hall–Kier alpha value is -2.40. The topological polar surface area (TPSA) is 50.2 Å². The summed E-state index contributed by atoms with van der Waals surface area (Å²) in [6.45, 7) is 4.51. The van der Waals surface area contributed by atoms with E-state index in [1.54, 1.807) is 4.57 Å². The van der Waals surface area contributed by atoms with E-state index < -0.39 is 0 Å². The normalized spacial score (nSPS) is 20.4. The molecule has 0 amide bonds. The third-order valence-corrected chi connectivity index (χ3v) is 6.61. The third-order valence-electron chi connectivity index (χ3n) is 6.61. The number of hydrogen-bond acceptors (Lipinski definition) is 4. The van der Waals surface area contributed by atoms with Crippen LogP contribution in [0.25, 0.3) is 17.2 Å². The predicted molar refractivity (Wildman–Crippen MR) is 109 cm³/mol. The van der Waals surface area contributed by atoms with Crippen molar-refractivity contribution in [3.63, 3.8) is 0 Å². The summed E-state index contributed by atoms with van der Waals surface area (Å²) in [6, 6.07) is 4.30. The van der Waals surface area contributed by atoms with Gasteiger partial charge in [0.1, 0.15) is 5.82 Å². The Bertz CT molecular complexity index is 952. The Labute approximate surface area is 159 Å². The Morgan fingerprint density at radius 1 is 1.19 bits per heavy atom. The van der Waals surface area contributed by atoms with Crippen LogP contribution in [0.3, 0.4) is 0 Å². The largest absolute Gasteiger partial charge is 0.356 e. The average Bonchev–Trinajstić information content (AvgIpc) is 3.34. The second-order valence-corrected chi connectivity index (χ2v) is 8.28. The number of nitrogens with one attached hydrogen (secondary N) is 1. The number of aryl methyl sites for hydroxylation is 1. The highest BCUT2D eigenvalue weighted by Gasteiger charge is 2.39. The first-order valence-corrected chi connectivity index (χ1v) is 9.96. The molecule has 0 atom stereocenters. The van der Waals surface area contributed by atoms with Crippen molar-refractivity contribution in [3.8, 4) is 11.1 Å². The van der Waals surface area contributed by atoms with Crippen LogP contribution in [0.15, 0.2) is 35.4 Å². The van der Waals surface area contributed by atoms with Gasteiger partial charge in [-0.3, -0.25) is 4.79 Å². The van der Waals surface area contributed by atoms with Gasteiger partial charge < -0.3 is 14.8 Å². The molecule has 27 heavy (non-hydrogen) atoms. The van der Waals surface area contributed by atoms with Crippen molar-refractivity contribution in [1.29, 1.82) is 0 Å². The zero-order valence-corrected chi connectivity index (χ0v) is 15.9. The summed E-state index contributed by atoms with van der Waals surface area (Å²) in [6.07, 6.45) is 12.6. The summed E-state index contributed by atoms with van der Waals surface area (Å²) in [5, 5.41) is 3.48. The number of pyridine rings is 2. The maximum atomic E-state index is 12.3. The summed E-state index contributed by atoms with van der Waals surface area (Å²) in [5.74, 6) is 1.08. The van der Waals surface area contributed by atoms with Crippen molar-refractivity contribution in [3.05, 3.63) is 52.1 Å². The average molecular weight is 362 g/mol. The molecule has 2 fully saturated rings. The molecule has 2 saturated heterocycles. The zero-order chi connectivity index (χ0) is 18.4. The molecule has 1 aliphatic carbocycles. The summed E-state index contributed by atoms with van der Waals surface area (Å²) in [4.78, 5) is 19.6. The van der Waals surface area contributed by atoms with Gasteiger partial charge in [0.15, 0.2) is 0 Å². The molecule has 140 valence electrons. The van der Waals surface area contributed by atoms with Crippen LogP contribution in [0.5, 0.6) is 0 Å². The van der Waals surface area contributed by atoms with E-state index >= 15 is 0 Å². The summed E-state index contributed by atoms with van der Waals surface area (Å²) in [5.41, 5.74) is 4.71. The quantitative estimate of drug-likeness (QED) is 0.892. The van der Waals surface area contributed by atoms with Crippen LogP contribution >= 0.6 is 0 Å². The van der Waals surface area contributed by atoms with E-state index in [-0.39, 0.29) is 5.56 Å².